The van der Waals surface area contributed by atoms with Crippen molar-refractivity contribution in [2.24, 2.45) is 5.92 Å². The Hall–Kier alpha value is -2.90. The van der Waals surface area contributed by atoms with Crippen LogP contribution in [0.5, 0.6) is 0 Å². The first-order valence-corrected chi connectivity index (χ1v) is 10.9. The monoisotopic (exact) mass is 456 g/mol. The number of hydroxylamine groups is 2. The average molecular weight is 457 g/mol. The molecule has 7 nitrogen and oxygen atoms in total. The fraction of sp³-hybridized carbons (Fsp3) is 0.375. The van der Waals surface area contributed by atoms with Gasteiger partial charge in [0.25, 0.3) is 11.8 Å². The topological polar surface area (TPSA) is 84.9 Å². The molecule has 2 aliphatic rings. The lowest BCUT2D eigenvalue weighted by atomic mass is 9.98. The van der Waals surface area contributed by atoms with E-state index < -0.39 is 35.7 Å². The molecular weight excluding hydrogens is 432 g/mol. The zero-order chi connectivity index (χ0) is 23.0. The lowest BCUT2D eigenvalue weighted by Crippen LogP contribution is -2.46. The molecule has 1 unspecified atom stereocenters. The highest BCUT2D eigenvalue weighted by Gasteiger charge is 2.44. The van der Waals surface area contributed by atoms with Gasteiger partial charge in [-0.3, -0.25) is 14.4 Å². The molecule has 8 heteroatoms. The summed E-state index contributed by atoms with van der Waals surface area (Å²) in [7, 11) is 0. The van der Waals surface area contributed by atoms with E-state index in [2.05, 4.69) is 5.32 Å². The van der Waals surface area contributed by atoms with Gasteiger partial charge < -0.3 is 10.1 Å². The summed E-state index contributed by atoms with van der Waals surface area (Å²) in [5, 5.41) is 4.23. The maximum absolute atomic E-state index is 12.9. The largest absolute Gasteiger partial charge is 0.444 e. The number of amides is 3. The van der Waals surface area contributed by atoms with E-state index >= 15 is 0 Å². The van der Waals surface area contributed by atoms with Crippen molar-refractivity contribution in [3.63, 3.8) is 0 Å². The van der Waals surface area contributed by atoms with Gasteiger partial charge in [-0.25, -0.2) is 4.79 Å². The summed E-state index contributed by atoms with van der Waals surface area (Å²) in [5.41, 5.74) is 0.585. The van der Waals surface area contributed by atoms with E-state index in [-0.39, 0.29) is 17.0 Å². The minimum absolute atomic E-state index is 0.123. The van der Waals surface area contributed by atoms with Crippen LogP contribution in [0.25, 0.3) is 0 Å². The standard InChI is InChI=1S/C24H25ClN2O5/c1-24(2,3)31-23(30)26-19(14-8-9-14)20(15-10-12-16(25)13-11-15)32-27-21(28)17-6-4-5-7-18(17)22(27)29/h4-7,10-14,19-20H,8-9H2,1-3H3,(H,26,30)/t19-,20?/m0/s1. The molecule has 1 heterocycles. The minimum atomic E-state index is -0.797. The van der Waals surface area contributed by atoms with Crippen molar-refractivity contribution in [2.45, 2.75) is 51.4 Å². The third kappa shape index (κ3) is 4.79. The smallest absolute Gasteiger partial charge is 0.407 e. The SMILES string of the molecule is CC(C)(C)OC(=O)N[C@@H](C1CC1)C(ON1C(=O)c2ccccc2C1=O)c1ccc(Cl)cc1. The number of fused-ring (bicyclic) bond motifs is 1. The predicted molar refractivity (Wildman–Crippen MR) is 118 cm³/mol. The molecular formula is C24H25ClN2O5. The van der Waals surface area contributed by atoms with Crippen molar-refractivity contribution in [3.8, 4) is 0 Å². The van der Waals surface area contributed by atoms with Crippen molar-refractivity contribution in [2.75, 3.05) is 0 Å². The van der Waals surface area contributed by atoms with Crippen LogP contribution >= 0.6 is 11.6 Å². The quantitative estimate of drug-likeness (QED) is 0.624. The molecule has 3 amide bonds. The maximum atomic E-state index is 12.9. The van der Waals surface area contributed by atoms with E-state index in [1.165, 1.54) is 0 Å². The van der Waals surface area contributed by atoms with Gasteiger partial charge >= 0.3 is 6.09 Å². The summed E-state index contributed by atoms with van der Waals surface area (Å²) < 4.78 is 5.44. The molecule has 2 aromatic rings. The Kier molecular flexibility index (Phi) is 5.97. The highest BCUT2D eigenvalue weighted by molar-refractivity contribution is 6.30. The number of imide groups is 1. The van der Waals surface area contributed by atoms with Gasteiger partial charge in [-0.2, -0.15) is 0 Å². The van der Waals surface area contributed by atoms with Gasteiger partial charge in [0.1, 0.15) is 11.7 Å². The number of carbonyl (C=O) groups is 3. The van der Waals surface area contributed by atoms with Crippen LogP contribution in [0.15, 0.2) is 48.5 Å². The normalized spacial score (nSPS) is 17.7. The highest BCUT2D eigenvalue weighted by Crippen LogP contribution is 2.41. The fourth-order valence-electron chi connectivity index (χ4n) is 3.70. The molecule has 0 aromatic heterocycles. The van der Waals surface area contributed by atoms with E-state index in [9.17, 15) is 14.4 Å². The molecule has 4 rings (SSSR count). The Morgan fingerprint density at radius 1 is 1.03 bits per heavy atom. The second-order valence-corrected chi connectivity index (χ2v) is 9.47. The predicted octanol–water partition coefficient (Wildman–Crippen LogP) is 4.91. The number of halogens is 1. The minimum Gasteiger partial charge on any atom is -0.444 e. The fourth-order valence-corrected chi connectivity index (χ4v) is 3.83. The van der Waals surface area contributed by atoms with Gasteiger partial charge in [-0.15, -0.1) is 5.06 Å². The summed E-state index contributed by atoms with van der Waals surface area (Å²) in [6.07, 6.45) is 0.389. The number of nitrogens with zero attached hydrogens (tertiary/aromatic N) is 1. The zero-order valence-electron chi connectivity index (χ0n) is 18.1. The molecule has 0 spiro atoms. The van der Waals surface area contributed by atoms with Crippen molar-refractivity contribution >= 4 is 29.5 Å². The molecule has 0 radical (unpaired) electrons. The Morgan fingerprint density at radius 2 is 1.59 bits per heavy atom. The Morgan fingerprint density at radius 3 is 2.09 bits per heavy atom. The Bertz CT molecular complexity index is 1010. The Labute approximate surface area is 191 Å². The summed E-state index contributed by atoms with van der Waals surface area (Å²) in [6, 6.07) is 13.0. The number of carbonyl (C=O) groups excluding carboxylic acids is 3. The molecule has 1 aliphatic heterocycles. The van der Waals surface area contributed by atoms with Crippen LogP contribution in [-0.4, -0.2) is 34.6 Å². The molecule has 168 valence electrons. The van der Waals surface area contributed by atoms with E-state index in [0.717, 1.165) is 17.9 Å². The summed E-state index contributed by atoms with van der Waals surface area (Å²) in [6.45, 7) is 5.35. The first kappa shape index (κ1) is 22.3. The second kappa shape index (κ2) is 8.56. The van der Waals surface area contributed by atoms with Crippen molar-refractivity contribution in [1.82, 2.24) is 10.4 Å². The Balaban J connectivity index is 1.64. The molecule has 1 aliphatic carbocycles. The lowest BCUT2D eigenvalue weighted by molar-refractivity contribution is -0.146. The van der Waals surface area contributed by atoms with Gasteiger partial charge in [0.2, 0.25) is 0 Å². The number of rotatable bonds is 6. The summed E-state index contributed by atoms with van der Waals surface area (Å²) >= 11 is 6.06. The zero-order valence-corrected chi connectivity index (χ0v) is 18.9. The summed E-state index contributed by atoms with van der Waals surface area (Å²) in [4.78, 5) is 44.4. The van der Waals surface area contributed by atoms with Gasteiger partial charge in [0.05, 0.1) is 17.2 Å². The van der Waals surface area contributed by atoms with Gasteiger partial charge in [0, 0.05) is 5.02 Å². The van der Waals surface area contributed by atoms with E-state index in [0.29, 0.717) is 10.6 Å². The molecule has 0 bridgehead atoms. The molecule has 2 aromatic carbocycles. The van der Waals surface area contributed by atoms with Gasteiger partial charge in [-0.05, 0) is 69.4 Å². The van der Waals surface area contributed by atoms with Crippen LogP contribution < -0.4 is 5.32 Å². The molecule has 1 saturated carbocycles. The third-order valence-electron chi connectivity index (χ3n) is 5.31. The van der Waals surface area contributed by atoms with E-state index in [4.69, 9.17) is 21.2 Å². The molecule has 1 N–H and O–H groups in total. The van der Waals surface area contributed by atoms with Gasteiger partial charge in [0.15, 0.2) is 0 Å². The summed E-state index contributed by atoms with van der Waals surface area (Å²) in [5.74, 6) is -0.939. The number of hydrogen-bond donors (Lipinski definition) is 1. The molecule has 0 saturated heterocycles. The molecule has 32 heavy (non-hydrogen) atoms. The van der Waals surface area contributed by atoms with Crippen LogP contribution in [0.1, 0.15) is 66.0 Å². The van der Waals surface area contributed by atoms with Crippen LogP contribution in [0, 0.1) is 5.92 Å². The van der Waals surface area contributed by atoms with Crippen LogP contribution in [-0.2, 0) is 9.57 Å². The number of hydrogen-bond acceptors (Lipinski definition) is 5. The second-order valence-electron chi connectivity index (χ2n) is 9.04. The lowest BCUT2D eigenvalue weighted by Gasteiger charge is -2.31. The number of alkyl carbamates (subject to hydrolysis) is 1. The number of nitrogens with one attached hydrogen (secondary N) is 1. The van der Waals surface area contributed by atoms with Crippen LogP contribution in [0.2, 0.25) is 5.02 Å². The first-order chi connectivity index (χ1) is 15.1. The average Bonchev–Trinajstić information content (AvgIpc) is 3.54. The number of benzene rings is 2. The molecule has 1 fully saturated rings. The van der Waals surface area contributed by atoms with E-state index in [1.807, 2.05) is 0 Å². The van der Waals surface area contributed by atoms with Crippen LogP contribution in [0.3, 0.4) is 0 Å². The van der Waals surface area contributed by atoms with E-state index in [1.54, 1.807) is 69.3 Å². The van der Waals surface area contributed by atoms with Crippen LogP contribution in [0.4, 0.5) is 4.79 Å². The van der Waals surface area contributed by atoms with Crippen molar-refractivity contribution in [3.05, 3.63) is 70.2 Å². The third-order valence-corrected chi connectivity index (χ3v) is 5.57. The van der Waals surface area contributed by atoms with Crippen molar-refractivity contribution < 1.29 is 24.0 Å². The number of ether oxygens (including phenoxy) is 1. The highest BCUT2D eigenvalue weighted by atomic mass is 35.5. The maximum Gasteiger partial charge on any atom is 0.407 e. The van der Waals surface area contributed by atoms with Crippen molar-refractivity contribution in [1.29, 1.82) is 0 Å². The van der Waals surface area contributed by atoms with Gasteiger partial charge in [-0.1, -0.05) is 35.9 Å². The first-order valence-electron chi connectivity index (χ1n) is 10.5. The molecule has 2 atom stereocenters.